The van der Waals surface area contributed by atoms with E-state index in [2.05, 4.69) is 67.4 Å². The number of carbonyl (C=O) groups is 17. The van der Waals surface area contributed by atoms with Crippen molar-refractivity contribution in [1.29, 1.82) is 0 Å². The highest BCUT2D eigenvalue weighted by molar-refractivity contribution is 5.77. The SMILES string of the molecule is CC(=O)N[C@H]1[C@H](OCCCCCn2cc(CN(CCCC[C@@H](C(=O)O)N(Cc3cn(CCCCCO[C@@H]4O[C@H](COC(C)=O)[C@H](OC(C)=O)[C@H](OC(C)=O)[C@H]4NC(C)=O)nn3)Cc3cn(CCCCCO[C@@H]4O[C@H](COC(C)=O)[C@H](OC(C)=O)[C@H](OC(C)=O)[C@H]4NC(C)=O)nn3)Cc3cn(CCCCCO[C@@H]4O[C@H](COC(C)=O)[C@H](OC(C)=O)[C@H](OC(C)=O)[C@H]4NC(C)=O)nn3)nn2)O[C@H](COC(C)=O)[C@H](OC(C)=O)[C@@H]1OC(C)=O. The molecule has 4 aromatic rings. The molecule has 4 aromatic heterocycles. The van der Waals surface area contributed by atoms with Crippen LogP contribution in [-0.4, -0.2) is 364 Å². The number of carboxylic acid groups (broad SMARTS) is 1. The van der Waals surface area contributed by atoms with Gasteiger partial charge in [-0.2, -0.15) is 0 Å². The Hall–Kier alpha value is -12.8. The summed E-state index contributed by atoms with van der Waals surface area (Å²) in [6.07, 6.45) is -6.15. The van der Waals surface area contributed by atoms with E-state index < -0.39 is 256 Å². The number of carbonyl (C=O) groups excluding carboxylic acids is 16. The third-order valence-corrected chi connectivity index (χ3v) is 23.3. The Morgan fingerprint density at radius 3 is 0.740 bits per heavy atom. The maximum Gasteiger partial charge on any atom is 0.320 e. The predicted molar refractivity (Wildman–Crippen MR) is 504 cm³/mol. The number of rotatable bonds is 63. The van der Waals surface area contributed by atoms with Crippen molar-refractivity contribution in [2.24, 2.45) is 0 Å². The highest BCUT2D eigenvalue weighted by atomic mass is 16.7. The Morgan fingerprint density at radius 2 is 0.527 bits per heavy atom. The molecule has 4 aliphatic heterocycles. The van der Waals surface area contributed by atoms with Gasteiger partial charge in [-0.3, -0.25) is 110 Å². The van der Waals surface area contributed by atoms with Gasteiger partial charge in [0.1, 0.15) is 81.1 Å². The highest BCUT2D eigenvalue weighted by Gasteiger charge is 2.56. The summed E-state index contributed by atoms with van der Waals surface area (Å²) in [5.41, 5.74) is 1.98. The molecule has 4 saturated heterocycles. The van der Waals surface area contributed by atoms with Crippen molar-refractivity contribution in [3.05, 3.63) is 47.6 Å². The topological polar surface area (TPSA) is 672 Å². The second kappa shape index (κ2) is 62.7. The number of hydrogen-bond donors (Lipinski definition) is 5. The quantitative estimate of drug-likeness (QED) is 0.0231. The molecular formula is C94H142N18O38. The van der Waals surface area contributed by atoms with Gasteiger partial charge in [0.15, 0.2) is 74.0 Å². The Kier molecular flexibility index (Phi) is 51.1. The number of aromatic nitrogens is 12. The Morgan fingerprint density at radius 1 is 0.300 bits per heavy atom. The van der Waals surface area contributed by atoms with Crippen LogP contribution in [0.15, 0.2) is 24.8 Å². The van der Waals surface area contributed by atoms with E-state index in [9.17, 15) is 86.6 Å². The van der Waals surface area contributed by atoms with Crippen LogP contribution in [0.1, 0.15) is 230 Å². The molecule has 4 amide bonds. The van der Waals surface area contributed by atoms with E-state index in [1.54, 1.807) is 48.4 Å². The molecule has 4 fully saturated rings. The largest absolute Gasteiger partial charge is 0.480 e. The summed E-state index contributed by atoms with van der Waals surface area (Å²) in [6, 6.07) is -5.82. The Bertz CT molecular complexity index is 4790. The van der Waals surface area contributed by atoms with Crippen LogP contribution in [0.3, 0.4) is 0 Å². The fourth-order valence-electron chi connectivity index (χ4n) is 17.3. The summed E-state index contributed by atoms with van der Waals surface area (Å²) in [5.74, 6) is -12.1. The second-order valence-electron chi connectivity index (χ2n) is 36.5. The zero-order chi connectivity index (χ0) is 110. The van der Waals surface area contributed by atoms with E-state index in [-0.39, 0.29) is 59.0 Å². The van der Waals surface area contributed by atoms with Gasteiger partial charge in [-0.05, 0) is 96.4 Å². The molecule has 0 spiro atoms. The maximum absolute atomic E-state index is 13.9. The monoisotopic (exact) mass is 2130 g/mol. The van der Waals surface area contributed by atoms with Crippen molar-refractivity contribution >= 4 is 101 Å². The molecule has 8 heterocycles. The van der Waals surface area contributed by atoms with Crippen LogP contribution >= 0.6 is 0 Å². The molecule has 0 aromatic carbocycles. The van der Waals surface area contributed by atoms with Gasteiger partial charge in [0.25, 0.3) is 0 Å². The van der Waals surface area contributed by atoms with Crippen molar-refractivity contribution in [1.82, 2.24) is 91.0 Å². The Labute approximate surface area is 865 Å². The average molecular weight is 2130 g/mol. The first-order valence-corrected chi connectivity index (χ1v) is 49.7. The van der Waals surface area contributed by atoms with Crippen molar-refractivity contribution < 1.29 is 181 Å². The summed E-state index contributed by atoms with van der Waals surface area (Å²) >= 11 is 0. The lowest BCUT2D eigenvalue weighted by molar-refractivity contribution is -0.277. The van der Waals surface area contributed by atoms with Crippen molar-refractivity contribution in [2.45, 2.75) is 388 Å². The standard InChI is InChI=1S/C94H142N18O38/c1-53(113)95-78-86(143-65(13)125)82(139-61(9)121)74(49-135-57(5)117)147-91(78)131-37-27-17-22-33-109-45-69(99-103-109)41-107(42-70-46-110(104-100-70)34-23-18-28-38-132-92-79(96-54(2)114)87(144-66(14)126)83(140-62(10)122)75(148-92)50-136-58(6)118)32-26-21-31-73(90(129)130)108(43-71-47-111(105-101-71)35-24-19-29-39-133-93-80(97-55(3)115)88(145-67(15)127)84(141-63(11)123)76(149-93)51-137-59(7)119)44-72-48-112(106-102-72)36-25-20-30-40-134-94-81(98-56(4)116)89(146-68(16)128)85(142-64(12)124)77(150-94)52-138-60(8)120/h45-48,73-89,91-94H,17-44,49-52H2,1-16H3,(H,95,113)(H,96,114)(H,97,115)(H,98,116)(H,129,130)/t73-,74+,75+,76+,77+,78+,79+,80+,81+,82-,83-,84-,85-,86+,87+,88+,89+,91+,92+,93+,94+/m0/s1. The van der Waals surface area contributed by atoms with E-state index in [4.69, 9.17) is 94.7 Å². The van der Waals surface area contributed by atoms with E-state index in [0.717, 1.165) is 55.4 Å². The normalized spacial score (nSPS) is 23.7. The van der Waals surface area contributed by atoms with Gasteiger partial charge < -0.3 is 121 Å². The first kappa shape index (κ1) is 122. The number of aryl methyl sites for hydroxylation is 4. The number of nitrogens with one attached hydrogen (secondary N) is 4. The highest BCUT2D eigenvalue weighted by Crippen LogP contribution is 2.35. The minimum absolute atomic E-state index is 0.0324. The van der Waals surface area contributed by atoms with Gasteiger partial charge in [-0.1, -0.05) is 27.3 Å². The van der Waals surface area contributed by atoms with E-state index in [0.29, 0.717) is 145 Å². The fourth-order valence-corrected chi connectivity index (χ4v) is 17.3. The molecule has 56 heteroatoms. The smallest absolute Gasteiger partial charge is 0.320 e. The van der Waals surface area contributed by atoms with Crippen molar-refractivity contribution in [3.63, 3.8) is 0 Å². The predicted octanol–water partition coefficient (Wildman–Crippen LogP) is 0.753. The number of aliphatic carboxylic acids is 1. The van der Waals surface area contributed by atoms with Gasteiger partial charge in [-0.25, -0.2) is 0 Å². The van der Waals surface area contributed by atoms with Crippen LogP contribution in [0.4, 0.5) is 0 Å². The number of carboxylic acids is 1. The van der Waals surface area contributed by atoms with Gasteiger partial charge >= 0.3 is 77.6 Å². The average Bonchev–Trinajstić information content (AvgIpc) is 0.909. The summed E-state index contributed by atoms with van der Waals surface area (Å²) in [7, 11) is 0. The molecule has 836 valence electrons. The third kappa shape index (κ3) is 42.9. The Balaban J connectivity index is 0.979. The molecule has 5 N–H and O–H groups in total. The summed E-state index contributed by atoms with van der Waals surface area (Å²) < 4.78 is 121. The molecule has 4 aliphatic rings. The van der Waals surface area contributed by atoms with Crippen molar-refractivity contribution in [2.75, 3.05) is 59.4 Å². The second-order valence-corrected chi connectivity index (χ2v) is 36.5. The van der Waals surface area contributed by atoms with Gasteiger partial charge in [0.05, 0.1) is 22.8 Å². The fraction of sp³-hybridized carbons (Fsp3) is 0.734. The third-order valence-electron chi connectivity index (χ3n) is 23.3. The van der Waals surface area contributed by atoms with Gasteiger partial charge in [0, 0.05) is 214 Å². The first-order chi connectivity index (χ1) is 71.3. The molecule has 8 rings (SSSR count). The summed E-state index contributed by atoms with van der Waals surface area (Å²) in [5, 5.41) is 57.9. The van der Waals surface area contributed by atoms with Crippen LogP contribution in [0.2, 0.25) is 0 Å². The van der Waals surface area contributed by atoms with E-state index in [1.807, 2.05) is 0 Å². The first-order valence-electron chi connectivity index (χ1n) is 49.7. The molecule has 56 nitrogen and oxygen atoms in total. The zero-order valence-electron chi connectivity index (χ0n) is 87.4. The van der Waals surface area contributed by atoms with Gasteiger partial charge in [-0.15, -0.1) is 20.4 Å². The number of hydrogen-bond acceptors (Lipinski definition) is 47. The molecule has 150 heavy (non-hydrogen) atoms. The molecular weight excluding hydrogens is 1990 g/mol. The molecule has 0 aliphatic carbocycles. The lowest BCUT2D eigenvalue weighted by Crippen LogP contribution is -2.66. The minimum atomic E-state index is -1.32. The number of nitrogens with zero attached hydrogens (tertiary/aromatic N) is 14. The van der Waals surface area contributed by atoms with E-state index >= 15 is 0 Å². The van der Waals surface area contributed by atoms with Crippen LogP contribution in [0.25, 0.3) is 0 Å². The molecule has 0 bridgehead atoms. The summed E-state index contributed by atoms with van der Waals surface area (Å²) in [6.45, 7) is 19.6. The number of esters is 12. The van der Waals surface area contributed by atoms with Crippen LogP contribution in [-0.2, 0) is 229 Å². The molecule has 0 saturated carbocycles. The van der Waals surface area contributed by atoms with Crippen LogP contribution < -0.4 is 21.3 Å². The zero-order valence-corrected chi connectivity index (χ0v) is 87.4. The molecule has 0 unspecified atom stereocenters. The summed E-state index contributed by atoms with van der Waals surface area (Å²) in [4.78, 5) is 215. The maximum atomic E-state index is 13.9. The lowest BCUT2D eigenvalue weighted by Gasteiger charge is -2.44. The minimum Gasteiger partial charge on any atom is -0.480 e. The van der Waals surface area contributed by atoms with Gasteiger partial charge in [0.2, 0.25) is 23.6 Å². The van der Waals surface area contributed by atoms with Crippen LogP contribution in [0, 0.1) is 0 Å². The van der Waals surface area contributed by atoms with E-state index in [1.165, 1.54) is 55.4 Å². The number of ether oxygens (including phenoxy) is 20. The molecule has 21 atom stereocenters. The van der Waals surface area contributed by atoms with Crippen LogP contribution in [0.5, 0.6) is 0 Å². The lowest BCUT2D eigenvalue weighted by atomic mass is 9.96. The number of unbranched alkanes of at least 4 members (excludes halogenated alkanes) is 9. The van der Waals surface area contributed by atoms with Crippen molar-refractivity contribution in [3.8, 4) is 0 Å². The molecule has 0 radical (unpaired) electrons. The number of amides is 4.